The van der Waals surface area contributed by atoms with Crippen LogP contribution in [0.4, 0.5) is 4.39 Å². The Bertz CT molecular complexity index is 1220. The van der Waals surface area contributed by atoms with Crippen molar-refractivity contribution in [3.63, 3.8) is 0 Å². The highest BCUT2D eigenvalue weighted by atomic mass is 19.1. The maximum Gasteiger partial charge on any atom is 0.352 e. The molecule has 0 bridgehead atoms. The summed E-state index contributed by atoms with van der Waals surface area (Å²) in [5.41, 5.74) is -1.53. The molecule has 1 atom stereocenters. The van der Waals surface area contributed by atoms with Crippen LogP contribution in [-0.2, 0) is 4.74 Å². The van der Waals surface area contributed by atoms with Crippen LogP contribution in [-0.4, -0.2) is 51.5 Å². The smallest absolute Gasteiger partial charge is 0.352 e. The van der Waals surface area contributed by atoms with E-state index in [1.165, 1.54) is 23.1 Å². The third-order valence-corrected chi connectivity index (χ3v) is 5.26. The van der Waals surface area contributed by atoms with E-state index in [1.807, 2.05) is 6.07 Å². The molecule has 4 rings (SSSR count). The summed E-state index contributed by atoms with van der Waals surface area (Å²) in [6.45, 7) is 2.95. The summed E-state index contributed by atoms with van der Waals surface area (Å²) in [6, 6.07) is 13.8. The van der Waals surface area contributed by atoms with Gasteiger partial charge in [0.2, 0.25) is 5.69 Å². The zero-order valence-corrected chi connectivity index (χ0v) is 16.9. The predicted molar refractivity (Wildman–Crippen MR) is 111 cm³/mol. The number of nitrogens with zero attached hydrogens (tertiary/aromatic N) is 4. The third kappa shape index (κ3) is 3.91. The molecule has 2 heterocycles. The van der Waals surface area contributed by atoms with E-state index in [0.717, 1.165) is 9.25 Å². The number of hydrogen-bond donors (Lipinski definition) is 0. The van der Waals surface area contributed by atoms with Gasteiger partial charge in [0.05, 0.1) is 19.3 Å². The number of ether oxygens (including phenoxy) is 1. The average Bonchev–Trinajstić information content (AvgIpc) is 2.80. The summed E-state index contributed by atoms with van der Waals surface area (Å²) in [4.78, 5) is 41.1. The van der Waals surface area contributed by atoms with E-state index >= 15 is 0 Å². The summed E-state index contributed by atoms with van der Waals surface area (Å²) in [5, 5.41) is 4.01. The first-order chi connectivity index (χ1) is 15.0. The van der Waals surface area contributed by atoms with E-state index in [-0.39, 0.29) is 5.69 Å². The van der Waals surface area contributed by atoms with Crippen LogP contribution in [0, 0.1) is 5.82 Å². The SMILES string of the molecule is C[C@@H](c1ccccc1)n1c(=O)c(C(=O)N2CCOCC2)nn(-c2ccccc2F)c1=O. The lowest BCUT2D eigenvalue weighted by Gasteiger charge is -2.26. The molecule has 31 heavy (non-hydrogen) atoms. The van der Waals surface area contributed by atoms with Crippen LogP contribution in [0.25, 0.3) is 5.69 Å². The molecule has 0 spiro atoms. The number of morpholine rings is 1. The van der Waals surface area contributed by atoms with Crippen LogP contribution < -0.4 is 11.2 Å². The number of rotatable bonds is 4. The predicted octanol–water partition coefficient (Wildman–Crippen LogP) is 1.61. The Morgan fingerprint density at radius 1 is 1.03 bits per heavy atom. The Labute approximate surface area is 177 Å². The monoisotopic (exact) mass is 424 g/mol. The Kier molecular flexibility index (Phi) is 5.77. The first kappa shape index (κ1) is 20.7. The van der Waals surface area contributed by atoms with Crippen LogP contribution in [0.1, 0.15) is 29.0 Å². The van der Waals surface area contributed by atoms with Crippen LogP contribution >= 0.6 is 0 Å². The normalized spacial score (nSPS) is 15.0. The fourth-order valence-electron chi connectivity index (χ4n) is 3.54. The van der Waals surface area contributed by atoms with E-state index in [1.54, 1.807) is 37.3 Å². The molecule has 1 fully saturated rings. The molecule has 0 radical (unpaired) electrons. The Hall–Kier alpha value is -3.59. The molecule has 1 aromatic heterocycles. The van der Waals surface area contributed by atoms with Crippen molar-refractivity contribution in [2.24, 2.45) is 0 Å². The van der Waals surface area contributed by atoms with Crippen LogP contribution in [0.2, 0.25) is 0 Å². The number of hydrogen-bond acceptors (Lipinski definition) is 5. The molecule has 0 unspecified atom stereocenters. The van der Waals surface area contributed by atoms with Gasteiger partial charge < -0.3 is 9.64 Å². The lowest BCUT2D eigenvalue weighted by atomic mass is 10.1. The van der Waals surface area contributed by atoms with Gasteiger partial charge in [0.15, 0.2) is 0 Å². The summed E-state index contributed by atoms with van der Waals surface area (Å²) < 4.78 is 21.5. The lowest BCUT2D eigenvalue weighted by molar-refractivity contribution is 0.0295. The summed E-state index contributed by atoms with van der Waals surface area (Å²) in [7, 11) is 0. The van der Waals surface area contributed by atoms with Crippen molar-refractivity contribution < 1.29 is 13.9 Å². The number of carbonyl (C=O) groups is 1. The minimum absolute atomic E-state index is 0.141. The van der Waals surface area contributed by atoms with Gasteiger partial charge in [-0.1, -0.05) is 42.5 Å². The molecule has 3 aromatic rings. The van der Waals surface area contributed by atoms with Crippen molar-refractivity contribution in [2.75, 3.05) is 26.3 Å². The number of halogens is 1. The van der Waals surface area contributed by atoms with Gasteiger partial charge in [-0.15, -0.1) is 0 Å². The summed E-state index contributed by atoms with van der Waals surface area (Å²) >= 11 is 0. The van der Waals surface area contributed by atoms with Crippen molar-refractivity contribution in [2.45, 2.75) is 13.0 Å². The van der Waals surface area contributed by atoms with Crippen molar-refractivity contribution in [1.82, 2.24) is 19.2 Å². The van der Waals surface area contributed by atoms with E-state index in [2.05, 4.69) is 5.10 Å². The van der Waals surface area contributed by atoms with Crippen LogP contribution in [0.5, 0.6) is 0 Å². The quantitative estimate of drug-likeness (QED) is 0.635. The standard InChI is InChI=1S/C22H21FN4O4/c1-15(16-7-3-2-4-8-16)26-21(29)19(20(28)25-11-13-31-14-12-25)24-27(22(26)30)18-10-6-5-9-17(18)23/h2-10,15H,11-14H2,1H3/t15-/m0/s1. The fourth-order valence-corrected chi connectivity index (χ4v) is 3.54. The number of carbonyl (C=O) groups excluding carboxylic acids is 1. The molecular formula is C22H21FN4O4. The van der Waals surface area contributed by atoms with Crippen molar-refractivity contribution in [1.29, 1.82) is 0 Å². The van der Waals surface area contributed by atoms with E-state index in [0.29, 0.717) is 31.9 Å². The lowest BCUT2D eigenvalue weighted by Crippen LogP contribution is -2.49. The molecular weight excluding hydrogens is 403 g/mol. The van der Waals surface area contributed by atoms with E-state index < -0.39 is 34.7 Å². The molecule has 0 saturated carbocycles. The summed E-state index contributed by atoms with van der Waals surface area (Å²) in [6.07, 6.45) is 0. The molecule has 1 amide bonds. The second kappa shape index (κ2) is 8.65. The highest BCUT2D eigenvalue weighted by molar-refractivity contribution is 5.91. The average molecular weight is 424 g/mol. The summed E-state index contributed by atoms with van der Waals surface area (Å²) in [5.74, 6) is -1.31. The molecule has 1 saturated heterocycles. The zero-order chi connectivity index (χ0) is 22.0. The molecule has 1 aliphatic rings. The van der Waals surface area contributed by atoms with Gasteiger partial charge in [-0.3, -0.25) is 9.59 Å². The zero-order valence-electron chi connectivity index (χ0n) is 16.9. The largest absolute Gasteiger partial charge is 0.378 e. The van der Waals surface area contributed by atoms with Gasteiger partial charge >= 0.3 is 5.69 Å². The van der Waals surface area contributed by atoms with Crippen molar-refractivity contribution >= 4 is 5.91 Å². The van der Waals surface area contributed by atoms with Gasteiger partial charge in [0.25, 0.3) is 11.5 Å². The Morgan fingerprint density at radius 3 is 2.35 bits per heavy atom. The second-order valence-corrected chi connectivity index (χ2v) is 7.16. The van der Waals surface area contributed by atoms with E-state index in [4.69, 9.17) is 4.74 Å². The van der Waals surface area contributed by atoms with Crippen molar-refractivity contribution in [3.8, 4) is 5.69 Å². The minimum atomic E-state index is -0.829. The van der Waals surface area contributed by atoms with E-state index in [9.17, 15) is 18.8 Å². The Morgan fingerprint density at radius 2 is 1.68 bits per heavy atom. The molecule has 9 heteroatoms. The van der Waals surface area contributed by atoms with Crippen LogP contribution in [0.3, 0.4) is 0 Å². The maximum absolute atomic E-state index is 14.5. The molecule has 0 N–H and O–H groups in total. The van der Waals surface area contributed by atoms with Gasteiger partial charge in [0, 0.05) is 13.1 Å². The maximum atomic E-state index is 14.5. The molecule has 160 valence electrons. The van der Waals surface area contributed by atoms with Crippen LogP contribution in [0.15, 0.2) is 64.2 Å². The topological polar surface area (TPSA) is 86.4 Å². The number of para-hydroxylation sites is 1. The van der Waals surface area contributed by atoms with Gasteiger partial charge in [-0.25, -0.2) is 13.8 Å². The van der Waals surface area contributed by atoms with Gasteiger partial charge in [0.1, 0.15) is 11.5 Å². The number of benzene rings is 2. The molecule has 8 nitrogen and oxygen atoms in total. The first-order valence-electron chi connectivity index (χ1n) is 9.92. The second-order valence-electron chi connectivity index (χ2n) is 7.16. The first-order valence-corrected chi connectivity index (χ1v) is 9.92. The molecule has 1 aliphatic heterocycles. The van der Waals surface area contributed by atoms with Crippen molar-refractivity contribution in [3.05, 3.63) is 92.5 Å². The molecule has 2 aromatic carbocycles. The minimum Gasteiger partial charge on any atom is -0.378 e. The number of aromatic nitrogens is 3. The Balaban J connectivity index is 1.94. The van der Waals surface area contributed by atoms with Gasteiger partial charge in [-0.05, 0) is 24.6 Å². The highest BCUT2D eigenvalue weighted by Gasteiger charge is 2.28. The third-order valence-electron chi connectivity index (χ3n) is 5.26. The van der Waals surface area contributed by atoms with Gasteiger partial charge in [-0.2, -0.15) is 9.78 Å². The highest BCUT2D eigenvalue weighted by Crippen LogP contribution is 2.15. The fraction of sp³-hybridized carbons (Fsp3) is 0.273. The number of amides is 1. The molecule has 0 aliphatic carbocycles.